The molecule has 0 spiro atoms. The Balaban J connectivity index is 1.55. The number of nitrogens with one attached hydrogen (secondary N) is 2. The van der Waals surface area contributed by atoms with Crippen LogP contribution in [0.1, 0.15) is 16.2 Å². The number of halogens is 2. The third kappa shape index (κ3) is 6.24. The minimum Gasteiger partial charge on any atom is -0.351 e. The molecule has 3 rings (SSSR count). The lowest BCUT2D eigenvalue weighted by Gasteiger charge is -2.09. The van der Waals surface area contributed by atoms with Crippen molar-refractivity contribution in [3.05, 3.63) is 84.2 Å². The molecule has 0 atom stereocenters. The Kier molecular flexibility index (Phi) is 8.09. The van der Waals surface area contributed by atoms with Gasteiger partial charge in [0.15, 0.2) is 5.16 Å². The molecular weight excluding hydrogens is 436 g/mol. The quantitative estimate of drug-likeness (QED) is 0.360. The fraction of sp³-hybridized carbons (Fsp3) is 0.182. The molecule has 0 bridgehead atoms. The number of allylic oxidation sites excluding steroid dienone is 1. The molecule has 32 heavy (non-hydrogen) atoms. The Hall–Kier alpha value is -3.53. The number of hydrogen-bond donors (Lipinski definition) is 2. The molecule has 0 radical (unpaired) electrons. The summed E-state index contributed by atoms with van der Waals surface area (Å²) in [5, 5.41) is 14.1. The third-order valence-electron chi connectivity index (χ3n) is 4.32. The molecular formula is C22H21F2N5O2S. The lowest BCUT2D eigenvalue weighted by molar-refractivity contribution is -0.113. The van der Waals surface area contributed by atoms with Crippen molar-refractivity contribution in [1.82, 2.24) is 20.1 Å². The summed E-state index contributed by atoms with van der Waals surface area (Å²) >= 11 is 1.20. The molecule has 2 amide bonds. The molecule has 0 aliphatic heterocycles. The van der Waals surface area contributed by atoms with Gasteiger partial charge in [-0.25, -0.2) is 8.78 Å². The SMILES string of the molecule is C=CCn1c(CCNC(=O)c2ccccc2F)nnc1SCC(=O)Nc1ccc(F)cc1. The Morgan fingerprint density at radius 3 is 2.56 bits per heavy atom. The van der Waals surface area contributed by atoms with Crippen molar-refractivity contribution in [1.29, 1.82) is 0 Å². The Morgan fingerprint density at radius 1 is 1.09 bits per heavy atom. The van der Waals surface area contributed by atoms with Gasteiger partial charge in [-0.05, 0) is 36.4 Å². The number of benzene rings is 2. The number of nitrogens with zero attached hydrogens (tertiary/aromatic N) is 3. The van der Waals surface area contributed by atoms with E-state index in [9.17, 15) is 18.4 Å². The molecule has 0 saturated carbocycles. The predicted molar refractivity (Wildman–Crippen MR) is 118 cm³/mol. The topological polar surface area (TPSA) is 88.9 Å². The van der Waals surface area contributed by atoms with Gasteiger partial charge in [-0.3, -0.25) is 9.59 Å². The second-order valence-corrected chi connectivity index (χ2v) is 7.57. The minimum atomic E-state index is -0.586. The van der Waals surface area contributed by atoms with Gasteiger partial charge in [0.2, 0.25) is 5.91 Å². The van der Waals surface area contributed by atoms with Crippen LogP contribution in [-0.4, -0.2) is 38.9 Å². The largest absolute Gasteiger partial charge is 0.351 e. The van der Waals surface area contributed by atoms with Crippen LogP contribution >= 0.6 is 11.8 Å². The van der Waals surface area contributed by atoms with Gasteiger partial charge in [0.05, 0.1) is 11.3 Å². The van der Waals surface area contributed by atoms with E-state index in [1.807, 2.05) is 0 Å². The Morgan fingerprint density at radius 2 is 1.84 bits per heavy atom. The molecule has 2 N–H and O–H groups in total. The number of carbonyl (C=O) groups excluding carboxylic acids is 2. The zero-order valence-electron chi connectivity index (χ0n) is 17.1. The second-order valence-electron chi connectivity index (χ2n) is 6.63. The lowest BCUT2D eigenvalue weighted by atomic mass is 10.2. The standard InChI is InChI=1S/C22H21F2N5O2S/c1-2-13-29-19(11-12-25-21(31)17-5-3-4-6-18(17)24)27-28-22(29)32-14-20(30)26-16-9-7-15(23)8-10-16/h2-10H,1,11-14H2,(H,25,31)(H,26,30). The summed E-state index contributed by atoms with van der Waals surface area (Å²) in [6, 6.07) is 11.2. The number of anilines is 1. The molecule has 2 aromatic carbocycles. The maximum Gasteiger partial charge on any atom is 0.254 e. The first-order valence-corrected chi connectivity index (χ1v) is 10.7. The first-order valence-electron chi connectivity index (χ1n) is 9.72. The summed E-state index contributed by atoms with van der Waals surface area (Å²) in [4.78, 5) is 24.3. The zero-order chi connectivity index (χ0) is 22.9. The summed E-state index contributed by atoms with van der Waals surface area (Å²) in [6.45, 7) is 4.38. The Bertz CT molecular complexity index is 1100. The maximum absolute atomic E-state index is 13.7. The molecule has 0 unspecified atom stereocenters. The zero-order valence-corrected chi connectivity index (χ0v) is 17.9. The van der Waals surface area contributed by atoms with Gasteiger partial charge in [0.25, 0.3) is 5.91 Å². The van der Waals surface area contributed by atoms with E-state index in [1.165, 1.54) is 54.2 Å². The fourth-order valence-corrected chi connectivity index (χ4v) is 3.58. The second kappa shape index (κ2) is 11.2. The Labute approximate surface area is 187 Å². The number of aromatic nitrogens is 3. The van der Waals surface area contributed by atoms with Crippen LogP contribution < -0.4 is 10.6 Å². The van der Waals surface area contributed by atoms with Crippen LogP contribution in [0, 0.1) is 11.6 Å². The molecule has 1 aromatic heterocycles. The van der Waals surface area contributed by atoms with Crippen LogP contribution in [0.2, 0.25) is 0 Å². The molecule has 0 saturated heterocycles. The fourth-order valence-electron chi connectivity index (χ4n) is 2.81. The molecule has 1 heterocycles. The number of amides is 2. The highest BCUT2D eigenvalue weighted by Gasteiger charge is 2.15. The van der Waals surface area contributed by atoms with Crippen LogP contribution in [0.15, 0.2) is 66.3 Å². The van der Waals surface area contributed by atoms with Crippen molar-refractivity contribution < 1.29 is 18.4 Å². The highest BCUT2D eigenvalue weighted by atomic mass is 32.2. The monoisotopic (exact) mass is 457 g/mol. The van der Waals surface area contributed by atoms with Crippen molar-refractivity contribution in [3.63, 3.8) is 0 Å². The van der Waals surface area contributed by atoms with Gasteiger partial charge in [-0.15, -0.1) is 16.8 Å². The number of rotatable bonds is 10. The molecule has 0 aliphatic carbocycles. The molecule has 0 aliphatic rings. The predicted octanol–water partition coefficient (Wildman–Crippen LogP) is 3.45. The van der Waals surface area contributed by atoms with Crippen molar-refractivity contribution in [2.24, 2.45) is 0 Å². The van der Waals surface area contributed by atoms with Crippen LogP contribution in [0.4, 0.5) is 14.5 Å². The first-order chi connectivity index (χ1) is 15.5. The van der Waals surface area contributed by atoms with Gasteiger partial charge in [0, 0.05) is 25.2 Å². The van der Waals surface area contributed by atoms with Gasteiger partial charge < -0.3 is 15.2 Å². The van der Waals surface area contributed by atoms with Gasteiger partial charge in [-0.1, -0.05) is 30.0 Å². The van der Waals surface area contributed by atoms with E-state index >= 15 is 0 Å². The number of thioether (sulfide) groups is 1. The highest BCUT2D eigenvalue weighted by molar-refractivity contribution is 7.99. The van der Waals surface area contributed by atoms with Crippen molar-refractivity contribution in [2.45, 2.75) is 18.1 Å². The summed E-state index contributed by atoms with van der Waals surface area (Å²) in [7, 11) is 0. The van der Waals surface area contributed by atoms with Gasteiger partial charge >= 0.3 is 0 Å². The third-order valence-corrected chi connectivity index (χ3v) is 5.28. The van der Waals surface area contributed by atoms with E-state index in [-0.39, 0.29) is 29.6 Å². The van der Waals surface area contributed by atoms with E-state index in [4.69, 9.17) is 0 Å². The summed E-state index contributed by atoms with van der Waals surface area (Å²) in [6.07, 6.45) is 2.04. The van der Waals surface area contributed by atoms with Crippen LogP contribution in [0.3, 0.4) is 0 Å². The smallest absolute Gasteiger partial charge is 0.254 e. The van der Waals surface area contributed by atoms with Crippen molar-refractivity contribution in [3.8, 4) is 0 Å². The van der Waals surface area contributed by atoms with Gasteiger partial charge in [-0.2, -0.15) is 0 Å². The van der Waals surface area contributed by atoms with E-state index in [2.05, 4.69) is 27.4 Å². The van der Waals surface area contributed by atoms with Gasteiger partial charge in [0.1, 0.15) is 17.5 Å². The molecule has 7 nitrogen and oxygen atoms in total. The van der Waals surface area contributed by atoms with Crippen LogP contribution in [0.25, 0.3) is 0 Å². The van der Waals surface area contributed by atoms with Crippen LogP contribution in [-0.2, 0) is 17.8 Å². The molecule has 3 aromatic rings. The van der Waals surface area contributed by atoms with E-state index in [0.29, 0.717) is 29.6 Å². The molecule has 0 fully saturated rings. The first kappa shape index (κ1) is 23.1. The molecule has 166 valence electrons. The van der Waals surface area contributed by atoms with Crippen molar-refractivity contribution in [2.75, 3.05) is 17.6 Å². The highest BCUT2D eigenvalue weighted by Crippen LogP contribution is 2.18. The number of carbonyl (C=O) groups is 2. The maximum atomic E-state index is 13.7. The lowest BCUT2D eigenvalue weighted by Crippen LogP contribution is -2.27. The van der Waals surface area contributed by atoms with Crippen LogP contribution in [0.5, 0.6) is 0 Å². The minimum absolute atomic E-state index is 0.0246. The van der Waals surface area contributed by atoms with E-state index in [1.54, 1.807) is 16.7 Å². The summed E-state index contributed by atoms with van der Waals surface area (Å²) in [5.74, 6) is -1.07. The summed E-state index contributed by atoms with van der Waals surface area (Å²) in [5.41, 5.74) is 0.472. The summed E-state index contributed by atoms with van der Waals surface area (Å²) < 4.78 is 28.5. The van der Waals surface area contributed by atoms with E-state index in [0.717, 1.165) is 0 Å². The molecule has 10 heteroatoms. The average molecular weight is 458 g/mol. The average Bonchev–Trinajstić information content (AvgIpc) is 3.16. The number of hydrogen-bond acceptors (Lipinski definition) is 5. The van der Waals surface area contributed by atoms with E-state index < -0.39 is 11.7 Å². The van der Waals surface area contributed by atoms with Crippen molar-refractivity contribution >= 4 is 29.3 Å². The normalized spacial score (nSPS) is 10.6.